The maximum Gasteiger partial charge on any atom is 0.324 e. The van der Waals surface area contributed by atoms with E-state index in [1.807, 2.05) is 31.2 Å². The summed E-state index contributed by atoms with van der Waals surface area (Å²) in [6.07, 6.45) is 3.11. The van der Waals surface area contributed by atoms with Gasteiger partial charge in [0.2, 0.25) is 10.0 Å². The summed E-state index contributed by atoms with van der Waals surface area (Å²) in [4.78, 5) is 17.0. The van der Waals surface area contributed by atoms with Gasteiger partial charge in [-0.05, 0) is 37.8 Å². The summed E-state index contributed by atoms with van der Waals surface area (Å²) < 4.78 is 30.4. The van der Waals surface area contributed by atoms with Crippen molar-refractivity contribution in [3.8, 4) is 0 Å². The first-order valence-corrected chi connectivity index (χ1v) is 10.7. The van der Waals surface area contributed by atoms with E-state index < -0.39 is 22.0 Å². The number of carbonyl (C=O) groups excluding carboxylic acids is 1. The van der Waals surface area contributed by atoms with Crippen LogP contribution in [0.3, 0.4) is 0 Å². The fraction of sp³-hybridized carbons (Fsp3) is 0.444. The molecular formula is C18H21ClN2O4S. The highest BCUT2D eigenvalue weighted by Gasteiger charge is 2.35. The zero-order valence-electron chi connectivity index (χ0n) is 14.7. The molecule has 0 bridgehead atoms. The Kier molecular flexibility index (Phi) is 5.50. The van der Waals surface area contributed by atoms with Crippen LogP contribution in [0.2, 0.25) is 5.02 Å². The molecule has 1 aromatic carbocycles. The van der Waals surface area contributed by atoms with Gasteiger partial charge in [0.1, 0.15) is 12.6 Å². The van der Waals surface area contributed by atoms with Gasteiger partial charge in [0.05, 0.1) is 22.5 Å². The van der Waals surface area contributed by atoms with Gasteiger partial charge in [0, 0.05) is 11.9 Å². The van der Waals surface area contributed by atoms with Gasteiger partial charge >= 0.3 is 5.97 Å². The SMILES string of the molecule is Cc1c(Cl)c(COC(=O)C2CCCCN2S(C)(=O)=O)nc2ccccc12. The summed E-state index contributed by atoms with van der Waals surface area (Å²) in [5, 5.41) is 1.41. The molecule has 1 aliphatic heterocycles. The molecule has 0 amide bonds. The fourth-order valence-corrected chi connectivity index (χ4v) is 4.60. The molecular weight excluding hydrogens is 376 g/mol. The Hall–Kier alpha value is -1.70. The zero-order chi connectivity index (χ0) is 18.9. The number of pyridine rings is 1. The molecule has 140 valence electrons. The number of halogens is 1. The molecule has 3 rings (SSSR count). The lowest BCUT2D eigenvalue weighted by atomic mass is 10.1. The van der Waals surface area contributed by atoms with Gasteiger partial charge in [0.15, 0.2) is 0 Å². The van der Waals surface area contributed by atoms with E-state index in [0.717, 1.165) is 35.6 Å². The van der Waals surface area contributed by atoms with Gasteiger partial charge in [-0.15, -0.1) is 0 Å². The van der Waals surface area contributed by atoms with E-state index in [-0.39, 0.29) is 6.61 Å². The van der Waals surface area contributed by atoms with Gasteiger partial charge < -0.3 is 4.74 Å². The maximum absolute atomic E-state index is 12.5. The third kappa shape index (κ3) is 3.84. The number of aryl methyl sites for hydroxylation is 1. The lowest BCUT2D eigenvalue weighted by molar-refractivity contribution is -0.150. The van der Waals surface area contributed by atoms with E-state index in [2.05, 4.69) is 4.98 Å². The number of esters is 1. The molecule has 2 heterocycles. The molecule has 1 fully saturated rings. The fourth-order valence-electron chi connectivity index (χ4n) is 3.29. The van der Waals surface area contributed by atoms with E-state index in [1.165, 1.54) is 4.31 Å². The number of ether oxygens (including phenoxy) is 1. The van der Waals surface area contributed by atoms with Crippen molar-refractivity contribution in [1.29, 1.82) is 0 Å². The summed E-state index contributed by atoms with van der Waals surface area (Å²) in [6, 6.07) is 6.82. The molecule has 0 spiro atoms. The molecule has 0 saturated carbocycles. The van der Waals surface area contributed by atoms with Crippen LogP contribution in [0.4, 0.5) is 0 Å². The van der Waals surface area contributed by atoms with Crippen molar-refractivity contribution in [3.63, 3.8) is 0 Å². The quantitative estimate of drug-likeness (QED) is 0.742. The lowest BCUT2D eigenvalue weighted by Gasteiger charge is -2.31. The molecule has 6 nitrogen and oxygen atoms in total. The van der Waals surface area contributed by atoms with Gasteiger partial charge in [-0.2, -0.15) is 4.31 Å². The van der Waals surface area contributed by atoms with Crippen molar-refractivity contribution in [2.45, 2.75) is 38.8 Å². The first kappa shape index (κ1) is 19.1. The molecule has 1 atom stereocenters. The van der Waals surface area contributed by atoms with E-state index >= 15 is 0 Å². The van der Waals surface area contributed by atoms with Crippen molar-refractivity contribution < 1.29 is 17.9 Å². The summed E-state index contributed by atoms with van der Waals surface area (Å²) in [6.45, 7) is 2.15. The van der Waals surface area contributed by atoms with E-state index in [4.69, 9.17) is 16.3 Å². The number of carbonyl (C=O) groups is 1. The minimum Gasteiger partial charge on any atom is -0.458 e. The zero-order valence-corrected chi connectivity index (χ0v) is 16.3. The van der Waals surface area contributed by atoms with Crippen molar-refractivity contribution in [2.75, 3.05) is 12.8 Å². The number of aromatic nitrogens is 1. The lowest BCUT2D eigenvalue weighted by Crippen LogP contribution is -2.48. The van der Waals surface area contributed by atoms with Crippen molar-refractivity contribution in [3.05, 3.63) is 40.5 Å². The topological polar surface area (TPSA) is 76.6 Å². The van der Waals surface area contributed by atoms with Crippen molar-refractivity contribution >= 4 is 38.5 Å². The molecule has 2 aromatic rings. The maximum atomic E-state index is 12.5. The van der Waals surface area contributed by atoms with Gasteiger partial charge in [-0.3, -0.25) is 4.79 Å². The summed E-state index contributed by atoms with van der Waals surface area (Å²) in [7, 11) is -3.46. The summed E-state index contributed by atoms with van der Waals surface area (Å²) >= 11 is 6.38. The molecule has 0 N–H and O–H groups in total. The average molecular weight is 397 g/mol. The Balaban J connectivity index is 1.79. The summed E-state index contributed by atoms with van der Waals surface area (Å²) in [5.41, 5.74) is 2.12. The van der Waals surface area contributed by atoms with Crippen molar-refractivity contribution in [1.82, 2.24) is 9.29 Å². The first-order valence-electron chi connectivity index (χ1n) is 8.46. The predicted octanol–water partition coefficient (Wildman–Crippen LogP) is 3.05. The number of benzene rings is 1. The minimum absolute atomic E-state index is 0.0859. The van der Waals surface area contributed by atoms with Crippen LogP contribution < -0.4 is 0 Å². The Labute approximate surface area is 158 Å². The molecule has 26 heavy (non-hydrogen) atoms. The normalized spacial score (nSPS) is 18.8. The van der Waals surface area contributed by atoms with Crippen molar-refractivity contribution in [2.24, 2.45) is 0 Å². The van der Waals surface area contributed by atoms with E-state index in [0.29, 0.717) is 23.7 Å². The van der Waals surface area contributed by atoms with Crippen LogP contribution in [0.5, 0.6) is 0 Å². The largest absolute Gasteiger partial charge is 0.458 e. The van der Waals surface area contributed by atoms with Gasteiger partial charge in [0.25, 0.3) is 0 Å². The number of hydrogen-bond donors (Lipinski definition) is 0. The Morgan fingerprint density at radius 2 is 2.08 bits per heavy atom. The third-order valence-corrected chi connectivity index (χ3v) is 6.44. The number of hydrogen-bond acceptors (Lipinski definition) is 5. The second kappa shape index (κ2) is 7.50. The second-order valence-electron chi connectivity index (χ2n) is 6.51. The highest BCUT2D eigenvalue weighted by molar-refractivity contribution is 7.88. The smallest absolute Gasteiger partial charge is 0.324 e. The van der Waals surface area contributed by atoms with E-state index in [9.17, 15) is 13.2 Å². The Morgan fingerprint density at radius 3 is 2.81 bits per heavy atom. The van der Waals surface area contributed by atoms with Crippen LogP contribution in [0, 0.1) is 6.92 Å². The highest BCUT2D eigenvalue weighted by Crippen LogP contribution is 2.28. The molecule has 0 radical (unpaired) electrons. The van der Waals surface area contributed by atoms with Gasteiger partial charge in [-0.1, -0.05) is 29.8 Å². The standard InChI is InChI=1S/C18H21ClN2O4S/c1-12-13-7-3-4-8-14(13)20-15(17(12)19)11-25-18(22)16-9-5-6-10-21(16)26(2,23)24/h3-4,7-8,16H,5-6,9-11H2,1-2H3. The highest BCUT2D eigenvalue weighted by atomic mass is 35.5. The Morgan fingerprint density at radius 1 is 1.35 bits per heavy atom. The number of fused-ring (bicyclic) bond motifs is 1. The molecule has 1 saturated heterocycles. The van der Waals surface area contributed by atoms with Crippen LogP contribution in [0.1, 0.15) is 30.5 Å². The molecule has 8 heteroatoms. The number of para-hydroxylation sites is 1. The van der Waals surface area contributed by atoms with Gasteiger partial charge in [-0.25, -0.2) is 13.4 Å². The monoisotopic (exact) mass is 396 g/mol. The van der Waals surface area contributed by atoms with Crippen LogP contribution in [0.25, 0.3) is 10.9 Å². The molecule has 1 aliphatic rings. The molecule has 1 aromatic heterocycles. The Bertz CT molecular complexity index is 946. The van der Waals surface area contributed by atoms with Crippen LogP contribution in [-0.2, 0) is 26.2 Å². The van der Waals surface area contributed by atoms with E-state index in [1.54, 1.807) is 0 Å². The number of piperidine rings is 1. The minimum atomic E-state index is -3.46. The number of sulfonamides is 1. The average Bonchev–Trinajstić information content (AvgIpc) is 2.62. The third-order valence-electron chi connectivity index (χ3n) is 4.65. The number of nitrogens with zero attached hydrogens (tertiary/aromatic N) is 2. The number of rotatable bonds is 4. The second-order valence-corrected chi connectivity index (χ2v) is 8.82. The molecule has 0 aliphatic carbocycles. The summed E-state index contributed by atoms with van der Waals surface area (Å²) in [5.74, 6) is -0.557. The van der Waals surface area contributed by atoms with Crippen LogP contribution in [-0.4, -0.2) is 42.5 Å². The van der Waals surface area contributed by atoms with Crippen LogP contribution >= 0.6 is 11.6 Å². The van der Waals surface area contributed by atoms with Crippen LogP contribution in [0.15, 0.2) is 24.3 Å². The first-order chi connectivity index (χ1) is 12.3. The molecule has 1 unspecified atom stereocenters. The predicted molar refractivity (Wildman–Crippen MR) is 100 cm³/mol.